The van der Waals surface area contributed by atoms with Gasteiger partial charge in [-0.1, -0.05) is 12.1 Å². The second-order valence-electron chi connectivity index (χ2n) is 4.61. The Bertz CT molecular complexity index is 805. The van der Waals surface area contributed by atoms with Crippen molar-refractivity contribution in [2.75, 3.05) is 18.2 Å². The van der Waals surface area contributed by atoms with Gasteiger partial charge in [0.15, 0.2) is 0 Å². The van der Waals surface area contributed by atoms with Crippen LogP contribution in [-0.2, 0) is 0 Å². The van der Waals surface area contributed by atoms with Crippen molar-refractivity contribution < 1.29 is 4.74 Å². The zero-order valence-corrected chi connectivity index (χ0v) is 13.0. The van der Waals surface area contributed by atoms with Crippen LogP contribution in [0.15, 0.2) is 53.1 Å². The van der Waals surface area contributed by atoms with Crippen molar-refractivity contribution >= 4 is 43.9 Å². The molecule has 106 valence electrons. The van der Waals surface area contributed by atoms with Crippen molar-refractivity contribution in [1.82, 2.24) is 4.98 Å². The number of nitrogens with one attached hydrogen (secondary N) is 1. The smallest absolute Gasteiger partial charge is 0.143 e. The van der Waals surface area contributed by atoms with Gasteiger partial charge < -0.3 is 15.8 Å². The third-order valence-electron chi connectivity index (χ3n) is 3.19. The number of anilines is 3. The minimum Gasteiger partial charge on any atom is -0.495 e. The largest absolute Gasteiger partial charge is 0.495 e. The van der Waals surface area contributed by atoms with E-state index in [9.17, 15) is 0 Å². The number of nitrogens with two attached hydrogens (primary N) is 1. The molecule has 0 atom stereocenters. The van der Waals surface area contributed by atoms with E-state index in [4.69, 9.17) is 10.5 Å². The summed E-state index contributed by atoms with van der Waals surface area (Å²) in [5.41, 5.74) is 9.20. The molecule has 0 spiro atoms. The van der Waals surface area contributed by atoms with Gasteiger partial charge in [0, 0.05) is 27.8 Å². The highest BCUT2D eigenvalue weighted by atomic mass is 79.9. The number of pyridine rings is 1. The van der Waals surface area contributed by atoms with Crippen molar-refractivity contribution in [3.63, 3.8) is 0 Å². The number of hydrogen-bond acceptors (Lipinski definition) is 4. The summed E-state index contributed by atoms with van der Waals surface area (Å²) in [6, 6.07) is 13.6. The number of benzene rings is 2. The van der Waals surface area contributed by atoms with Crippen molar-refractivity contribution in [3.8, 4) is 5.75 Å². The monoisotopic (exact) mass is 343 g/mol. The number of halogens is 1. The fraction of sp³-hybridized carbons (Fsp3) is 0.0625. The summed E-state index contributed by atoms with van der Waals surface area (Å²) in [6.45, 7) is 0. The standard InChI is InChI=1S/C16H14BrN3O/c1-21-15-8-12(5-6-13(15)18)20-14-4-2-3-10-7-11(17)9-19-16(10)14/h2-9,20H,18H2,1H3. The zero-order valence-electron chi connectivity index (χ0n) is 11.4. The van der Waals surface area contributed by atoms with Gasteiger partial charge in [0.25, 0.3) is 0 Å². The van der Waals surface area contributed by atoms with E-state index in [1.165, 1.54) is 0 Å². The molecular weight excluding hydrogens is 330 g/mol. The van der Waals surface area contributed by atoms with E-state index in [0.717, 1.165) is 26.8 Å². The number of rotatable bonds is 3. The molecule has 2 aromatic carbocycles. The second-order valence-corrected chi connectivity index (χ2v) is 5.53. The van der Waals surface area contributed by atoms with E-state index in [2.05, 4.69) is 26.2 Å². The Balaban J connectivity index is 2.02. The van der Waals surface area contributed by atoms with Crippen LogP contribution >= 0.6 is 15.9 Å². The van der Waals surface area contributed by atoms with Crippen LogP contribution in [0.5, 0.6) is 5.75 Å². The predicted molar refractivity (Wildman–Crippen MR) is 90.1 cm³/mol. The third-order valence-corrected chi connectivity index (χ3v) is 3.62. The molecule has 21 heavy (non-hydrogen) atoms. The number of aromatic nitrogens is 1. The first-order chi connectivity index (χ1) is 10.2. The number of nitrogen functional groups attached to an aromatic ring is 1. The quantitative estimate of drug-likeness (QED) is 0.694. The Morgan fingerprint density at radius 2 is 2.05 bits per heavy atom. The van der Waals surface area contributed by atoms with Gasteiger partial charge in [-0.25, -0.2) is 0 Å². The van der Waals surface area contributed by atoms with Gasteiger partial charge in [-0.05, 0) is 40.2 Å². The van der Waals surface area contributed by atoms with Gasteiger partial charge in [0.2, 0.25) is 0 Å². The zero-order chi connectivity index (χ0) is 14.8. The maximum Gasteiger partial charge on any atom is 0.143 e. The fourth-order valence-electron chi connectivity index (χ4n) is 2.18. The number of nitrogens with zero attached hydrogens (tertiary/aromatic N) is 1. The van der Waals surface area contributed by atoms with E-state index in [1.807, 2.05) is 42.5 Å². The Hall–Kier alpha value is -2.27. The molecule has 3 rings (SSSR count). The van der Waals surface area contributed by atoms with E-state index < -0.39 is 0 Å². The normalized spacial score (nSPS) is 10.6. The maximum absolute atomic E-state index is 5.83. The van der Waals surface area contributed by atoms with E-state index >= 15 is 0 Å². The van der Waals surface area contributed by atoms with Crippen molar-refractivity contribution in [3.05, 3.63) is 53.1 Å². The molecule has 0 saturated carbocycles. The molecule has 0 bridgehead atoms. The number of hydrogen-bond donors (Lipinski definition) is 2. The van der Waals surface area contributed by atoms with Crippen molar-refractivity contribution in [2.24, 2.45) is 0 Å². The molecule has 0 aliphatic heterocycles. The first-order valence-electron chi connectivity index (χ1n) is 6.42. The molecule has 5 heteroatoms. The molecule has 0 aliphatic rings. The topological polar surface area (TPSA) is 60.2 Å². The molecule has 0 aliphatic carbocycles. The van der Waals surface area contributed by atoms with Gasteiger partial charge >= 0.3 is 0 Å². The molecule has 0 saturated heterocycles. The van der Waals surface area contributed by atoms with E-state index in [-0.39, 0.29) is 0 Å². The summed E-state index contributed by atoms with van der Waals surface area (Å²) < 4.78 is 6.20. The Morgan fingerprint density at radius 1 is 1.19 bits per heavy atom. The summed E-state index contributed by atoms with van der Waals surface area (Å²) in [6.07, 6.45) is 1.79. The first kappa shape index (κ1) is 13.7. The first-order valence-corrected chi connectivity index (χ1v) is 7.21. The molecular formula is C16H14BrN3O. The van der Waals surface area contributed by atoms with Gasteiger partial charge in [0.05, 0.1) is 24.0 Å². The third kappa shape index (κ3) is 2.78. The van der Waals surface area contributed by atoms with Crippen LogP contribution in [0.25, 0.3) is 10.9 Å². The number of para-hydroxylation sites is 1. The van der Waals surface area contributed by atoms with Crippen LogP contribution in [0.4, 0.5) is 17.1 Å². The lowest BCUT2D eigenvalue weighted by Gasteiger charge is -2.11. The molecule has 4 nitrogen and oxygen atoms in total. The average molecular weight is 344 g/mol. The lowest BCUT2D eigenvalue weighted by atomic mass is 10.2. The summed E-state index contributed by atoms with van der Waals surface area (Å²) in [7, 11) is 1.60. The van der Waals surface area contributed by atoms with E-state index in [1.54, 1.807) is 13.3 Å². The number of ether oxygens (including phenoxy) is 1. The number of methoxy groups -OCH3 is 1. The molecule has 0 unspecified atom stereocenters. The fourth-order valence-corrected chi connectivity index (χ4v) is 2.53. The van der Waals surface area contributed by atoms with Crippen LogP contribution in [-0.4, -0.2) is 12.1 Å². The summed E-state index contributed by atoms with van der Waals surface area (Å²) in [4.78, 5) is 4.47. The van der Waals surface area contributed by atoms with E-state index in [0.29, 0.717) is 11.4 Å². The van der Waals surface area contributed by atoms with Crippen LogP contribution in [0.1, 0.15) is 0 Å². The van der Waals surface area contributed by atoms with Crippen molar-refractivity contribution in [1.29, 1.82) is 0 Å². The molecule has 1 heterocycles. The average Bonchev–Trinajstić information content (AvgIpc) is 2.49. The highest BCUT2D eigenvalue weighted by Crippen LogP contribution is 2.30. The Kier molecular flexibility index (Phi) is 3.66. The van der Waals surface area contributed by atoms with Crippen LogP contribution in [0, 0.1) is 0 Å². The lowest BCUT2D eigenvalue weighted by molar-refractivity contribution is 0.417. The Morgan fingerprint density at radius 3 is 2.86 bits per heavy atom. The SMILES string of the molecule is COc1cc(Nc2cccc3cc(Br)cnc23)ccc1N. The minimum absolute atomic E-state index is 0.614. The molecule has 0 amide bonds. The van der Waals surface area contributed by atoms with Gasteiger partial charge in [-0.3, -0.25) is 4.98 Å². The second kappa shape index (κ2) is 5.61. The summed E-state index contributed by atoms with van der Waals surface area (Å²) in [5.74, 6) is 0.649. The van der Waals surface area contributed by atoms with Gasteiger partial charge in [-0.15, -0.1) is 0 Å². The summed E-state index contributed by atoms with van der Waals surface area (Å²) in [5, 5.41) is 4.42. The lowest BCUT2D eigenvalue weighted by Crippen LogP contribution is -1.96. The highest BCUT2D eigenvalue weighted by Gasteiger charge is 2.05. The highest BCUT2D eigenvalue weighted by molar-refractivity contribution is 9.10. The molecule has 0 radical (unpaired) electrons. The van der Waals surface area contributed by atoms with Crippen LogP contribution in [0.2, 0.25) is 0 Å². The Labute approximate surface area is 131 Å². The molecule has 3 aromatic rings. The summed E-state index contributed by atoms with van der Waals surface area (Å²) >= 11 is 3.44. The molecule has 3 N–H and O–H groups in total. The predicted octanol–water partition coefficient (Wildman–Crippen LogP) is 4.33. The van der Waals surface area contributed by atoms with Crippen molar-refractivity contribution in [2.45, 2.75) is 0 Å². The minimum atomic E-state index is 0.614. The van der Waals surface area contributed by atoms with Gasteiger partial charge in [0.1, 0.15) is 5.75 Å². The van der Waals surface area contributed by atoms with Crippen LogP contribution < -0.4 is 15.8 Å². The molecule has 1 aromatic heterocycles. The molecule has 0 fully saturated rings. The number of fused-ring (bicyclic) bond motifs is 1. The maximum atomic E-state index is 5.83. The van der Waals surface area contributed by atoms with Crippen LogP contribution in [0.3, 0.4) is 0 Å². The van der Waals surface area contributed by atoms with Gasteiger partial charge in [-0.2, -0.15) is 0 Å².